The van der Waals surface area contributed by atoms with Gasteiger partial charge in [-0.05, 0) is 65.1 Å². The van der Waals surface area contributed by atoms with Crippen LogP contribution in [0.15, 0.2) is 16.6 Å². The summed E-state index contributed by atoms with van der Waals surface area (Å²) in [6.07, 6.45) is 5.39. The van der Waals surface area contributed by atoms with Crippen molar-refractivity contribution in [2.75, 3.05) is 11.9 Å². The van der Waals surface area contributed by atoms with E-state index < -0.39 is 0 Å². The van der Waals surface area contributed by atoms with Gasteiger partial charge in [-0.15, -0.1) is 0 Å². The monoisotopic (exact) mass is 322 g/mol. The molecule has 19 heavy (non-hydrogen) atoms. The second-order valence-electron chi connectivity index (χ2n) is 5.72. The van der Waals surface area contributed by atoms with Crippen molar-refractivity contribution in [2.24, 2.45) is 17.8 Å². The molecule has 2 nitrogen and oxygen atoms in total. The third-order valence-electron chi connectivity index (χ3n) is 4.64. The maximum absolute atomic E-state index is 14.1. The molecule has 0 radical (unpaired) electrons. The van der Waals surface area contributed by atoms with Gasteiger partial charge < -0.3 is 5.32 Å². The SMILES string of the molecule is N#Cc1ccc(NCC2CC3CCC2C3)c(F)c1Br. The van der Waals surface area contributed by atoms with Gasteiger partial charge in [-0.2, -0.15) is 5.26 Å². The van der Waals surface area contributed by atoms with Gasteiger partial charge in [0.05, 0.1) is 15.7 Å². The number of fused-ring (bicyclic) bond motifs is 2. The number of nitrogens with zero attached hydrogens (tertiary/aromatic N) is 1. The molecule has 2 fully saturated rings. The Bertz CT molecular complexity index is 538. The molecule has 0 saturated heterocycles. The molecule has 3 atom stereocenters. The van der Waals surface area contributed by atoms with Gasteiger partial charge in [0.2, 0.25) is 0 Å². The van der Waals surface area contributed by atoms with E-state index in [1.54, 1.807) is 12.1 Å². The van der Waals surface area contributed by atoms with Crippen molar-refractivity contribution >= 4 is 21.6 Å². The first-order valence-corrected chi connectivity index (χ1v) is 7.60. The van der Waals surface area contributed by atoms with Crippen molar-refractivity contribution in [1.82, 2.24) is 0 Å². The van der Waals surface area contributed by atoms with Crippen LogP contribution in [0.4, 0.5) is 10.1 Å². The molecule has 0 spiro atoms. The standard InChI is InChI=1S/C15H16BrFN2/c16-14-11(7-18)3-4-13(15(14)17)19-8-12-6-9-1-2-10(12)5-9/h3-4,9-10,12,19H,1-2,5-6,8H2. The molecule has 2 aliphatic carbocycles. The average Bonchev–Trinajstić information content (AvgIpc) is 3.03. The maximum atomic E-state index is 14.1. The average molecular weight is 323 g/mol. The van der Waals surface area contributed by atoms with Crippen molar-refractivity contribution in [1.29, 1.82) is 5.26 Å². The Labute approximate surface area is 121 Å². The number of hydrogen-bond acceptors (Lipinski definition) is 2. The minimum absolute atomic E-state index is 0.257. The van der Waals surface area contributed by atoms with Crippen LogP contribution in [-0.4, -0.2) is 6.54 Å². The Morgan fingerprint density at radius 1 is 1.37 bits per heavy atom. The molecular formula is C15H16BrFN2. The Hall–Kier alpha value is -1.08. The van der Waals surface area contributed by atoms with Crippen molar-refractivity contribution in [3.8, 4) is 6.07 Å². The third kappa shape index (κ3) is 2.36. The Balaban J connectivity index is 1.68. The minimum atomic E-state index is -0.359. The van der Waals surface area contributed by atoms with Gasteiger partial charge in [-0.3, -0.25) is 0 Å². The summed E-state index contributed by atoms with van der Waals surface area (Å²) in [5.74, 6) is 2.08. The smallest absolute Gasteiger partial charge is 0.161 e. The first-order chi connectivity index (χ1) is 9.19. The lowest BCUT2D eigenvalue weighted by Crippen LogP contribution is -2.20. The summed E-state index contributed by atoms with van der Waals surface area (Å²) in [4.78, 5) is 0. The number of nitriles is 1. The van der Waals surface area contributed by atoms with Crippen LogP contribution in [0.1, 0.15) is 31.2 Å². The Morgan fingerprint density at radius 3 is 2.84 bits per heavy atom. The highest BCUT2D eigenvalue weighted by atomic mass is 79.9. The summed E-state index contributed by atoms with van der Waals surface area (Å²) < 4.78 is 14.3. The molecule has 0 heterocycles. The quantitative estimate of drug-likeness (QED) is 0.900. The van der Waals surface area contributed by atoms with E-state index in [0.717, 1.165) is 18.4 Å². The molecule has 2 saturated carbocycles. The Kier molecular flexibility index (Phi) is 3.49. The fourth-order valence-corrected chi connectivity index (χ4v) is 4.07. The molecule has 1 aromatic carbocycles. The summed E-state index contributed by atoms with van der Waals surface area (Å²) >= 11 is 3.14. The lowest BCUT2D eigenvalue weighted by Gasteiger charge is -2.22. The molecule has 0 amide bonds. The molecule has 3 unspecified atom stereocenters. The van der Waals surface area contributed by atoms with E-state index in [4.69, 9.17) is 5.26 Å². The van der Waals surface area contributed by atoms with Crippen LogP contribution < -0.4 is 5.32 Å². The molecule has 100 valence electrons. The van der Waals surface area contributed by atoms with Crippen LogP contribution in [0.3, 0.4) is 0 Å². The van der Waals surface area contributed by atoms with E-state index >= 15 is 0 Å². The highest BCUT2D eigenvalue weighted by Crippen LogP contribution is 2.48. The van der Waals surface area contributed by atoms with Crippen LogP contribution in [0.25, 0.3) is 0 Å². The number of anilines is 1. The van der Waals surface area contributed by atoms with Crippen molar-refractivity contribution < 1.29 is 4.39 Å². The zero-order valence-corrected chi connectivity index (χ0v) is 12.2. The van der Waals surface area contributed by atoms with Crippen LogP contribution in [-0.2, 0) is 0 Å². The summed E-state index contributed by atoms with van der Waals surface area (Å²) in [7, 11) is 0. The fraction of sp³-hybridized carbons (Fsp3) is 0.533. The second kappa shape index (κ2) is 5.13. The molecule has 0 aromatic heterocycles. The summed E-state index contributed by atoms with van der Waals surface area (Å²) in [6, 6.07) is 5.28. The zero-order chi connectivity index (χ0) is 13.4. The number of hydrogen-bond donors (Lipinski definition) is 1. The van der Waals surface area contributed by atoms with Gasteiger partial charge in [0, 0.05) is 6.54 Å². The van der Waals surface area contributed by atoms with Gasteiger partial charge in [0.25, 0.3) is 0 Å². The highest BCUT2D eigenvalue weighted by Gasteiger charge is 2.39. The second-order valence-corrected chi connectivity index (χ2v) is 6.51. The van der Waals surface area contributed by atoms with Gasteiger partial charge in [-0.25, -0.2) is 4.39 Å². The molecule has 4 heteroatoms. The Morgan fingerprint density at radius 2 is 2.21 bits per heavy atom. The minimum Gasteiger partial charge on any atom is -0.382 e. The van der Waals surface area contributed by atoms with E-state index in [1.165, 1.54) is 25.7 Å². The van der Waals surface area contributed by atoms with E-state index in [2.05, 4.69) is 21.2 Å². The molecule has 0 aliphatic heterocycles. The highest BCUT2D eigenvalue weighted by molar-refractivity contribution is 9.10. The topological polar surface area (TPSA) is 35.8 Å². The zero-order valence-electron chi connectivity index (χ0n) is 10.6. The summed E-state index contributed by atoms with van der Waals surface area (Å²) in [5, 5.41) is 12.1. The van der Waals surface area contributed by atoms with Crippen LogP contribution in [0.5, 0.6) is 0 Å². The van der Waals surface area contributed by atoms with Crippen molar-refractivity contribution in [3.05, 3.63) is 28.0 Å². The van der Waals surface area contributed by atoms with Crippen LogP contribution in [0, 0.1) is 34.9 Å². The van der Waals surface area contributed by atoms with E-state index in [0.29, 0.717) is 17.2 Å². The number of halogens is 2. The third-order valence-corrected chi connectivity index (χ3v) is 5.42. The molecule has 2 bridgehead atoms. The largest absolute Gasteiger partial charge is 0.382 e. The van der Waals surface area contributed by atoms with Gasteiger partial charge in [0.1, 0.15) is 6.07 Å². The number of benzene rings is 1. The normalized spacial score (nSPS) is 28.4. The summed E-state index contributed by atoms with van der Waals surface area (Å²) in [5.41, 5.74) is 0.830. The van der Waals surface area contributed by atoms with Crippen LogP contribution >= 0.6 is 15.9 Å². The lowest BCUT2D eigenvalue weighted by molar-refractivity contribution is 0.348. The van der Waals surface area contributed by atoms with Crippen LogP contribution in [0.2, 0.25) is 0 Å². The summed E-state index contributed by atoms with van der Waals surface area (Å²) in [6.45, 7) is 0.844. The van der Waals surface area contributed by atoms with Crippen molar-refractivity contribution in [3.63, 3.8) is 0 Å². The van der Waals surface area contributed by atoms with E-state index in [-0.39, 0.29) is 10.3 Å². The number of rotatable bonds is 3. The van der Waals surface area contributed by atoms with E-state index in [9.17, 15) is 4.39 Å². The predicted molar refractivity (Wildman–Crippen MR) is 76.2 cm³/mol. The lowest BCUT2D eigenvalue weighted by atomic mass is 9.89. The first kappa shape index (κ1) is 12.9. The fourth-order valence-electron chi connectivity index (χ4n) is 3.64. The molecule has 1 N–H and O–H groups in total. The van der Waals surface area contributed by atoms with Crippen molar-refractivity contribution in [2.45, 2.75) is 25.7 Å². The van der Waals surface area contributed by atoms with Gasteiger partial charge in [-0.1, -0.05) is 6.42 Å². The predicted octanol–water partition coefficient (Wildman–Crippen LogP) is 4.31. The molecule has 3 rings (SSSR count). The van der Waals surface area contributed by atoms with Gasteiger partial charge in [0.15, 0.2) is 5.82 Å². The molecular weight excluding hydrogens is 307 g/mol. The molecule has 1 aromatic rings. The maximum Gasteiger partial charge on any atom is 0.161 e. The number of nitrogens with one attached hydrogen (secondary N) is 1. The first-order valence-electron chi connectivity index (χ1n) is 6.81. The van der Waals surface area contributed by atoms with E-state index in [1.807, 2.05) is 6.07 Å². The van der Waals surface area contributed by atoms with Gasteiger partial charge >= 0.3 is 0 Å². The molecule has 2 aliphatic rings.